The normalized spacial score (nSPS) is 14.2. The van der Waals surface area contributed by atoms with Gasteiger partial charge >= 0.3 is 0 Å². The van der Waals surface area contributed by atoms with E-state index in [0.717, 1.165) is 12.8 Å². The standard InChI is InChI=1S/C13H18N2O4/c16-7-6-15(11-1-2-11)12(17)3-5-14-13(18)10-4-8-19-9-10/h4,8-9,11,16H,1-3,5-7H2,(H,14,18). The van der Waals surface area contributed by atoms with Crippen molar-refractivity contribution in [3.05, 3.63) is 24.2 Å². The van der Waals surface area contributed by atoms with Crippen LogP contribution in [0.3, 0.4) is 0 Å². The molecule has 0 aromatic carbocycles. The average molecular weight is 266 g/mol. The molecule has 6 nitrogen and oxygen atoms in total. The Hall–Kier alpha value is -1.82. The van der Waals surface area contributed by atoms with E-state index in [9.17, 15) is 9.59 Å². The molecule has 1 aliphatic rings. The summed E-state index contributed by atoms with van der Waals surface area (Å²) >= 11 is 0. The van der Waals surface area contributed by atoms with Crippen molar-refractivity contribution >= 4 is 11.8 Å². The van der Waals surface area contributed by atoms with Gasteiger partial charge in [0.15, 0.2) is 0 Å². The Labute approximate surface area is 111 Å². The third-order valence-corrected chi connectivity index (χ3v) is 3.06. The first-order valence-electron chi connectivity index (χ1n) is 6.43. The molecule has 19 heavy (non-hydrogen) atoms. The molecule has 2 amide bonds. The van der Waals surface area contributed by atoms with Crippen LogP contribution in [0.1, 0.15) is 29.6 Å². The molecule has 1 heterocycles. The second-order valence-electron chi connectivity index (χ2n) is 4.56. The van der Waals surface area contributed by atoms with E-state index in [1.54, 1.807) is 11.0 Å². The van der Waals surface area contributed by atoms with Crippen molar-refractivity contribution < 1.29 is 19.1 Å². The van der Waals surface area contributed by atoms with E-state index in [0.29, 0.717) is 12.1 Å². The number of amides is 2. The van der Waals surface area contributed by atoms with Crippen LogP contribution in [0, 0.1) is 0 Å². The lowest BCUT2D eigenvalue weighted by Crippen LogP contribution is -2.37. The Bertz CT molecular complexity index is 426. The van der Waals surface area contributed by atoms with Gasteiger partial charge in [0.2, 0.25) is 5.91 Å². The van der Waals surface area contributed by atoms with E-state index < -0.39 is 0 Å². The fourth-order valence-corrected chi connectivity index (χ4v) is 1.93. The zero-order chi connectivity index (χ0) is 13.7. The number of nitrogens with one attached hydrogen (secondary N) is 1. The van der Waals surface area contributed by atoms with Crippen molar-refractivity contribution in [3.63, 3.8) is 0 Å². The summed E-state index contributed by atoms with van der Waals surface area (Å²) in [5.41, 5.74) is 0.446. The third-order valence-electron chi connectivity index (χ3n) is 3.06. The van der Waals surface area contributed by atoms with Crippen LogP contribution in [-0.4, -0.2) is 47.6 Å². The maximum Gasteiger partial charge on any atom is 0.254 e. The minimum atomic E-state index is -0.248. The van der Waals surface area contributed by atoms with E-state index >= 15 is 0 Å². The lowest BCUT2D eigenvalue weighted by Gasteiger charge is -2.21. The summed E-state index contributed by atoms with van der Waals surface area (Å²) in [5.74, 6) is -0.272. The molecule has 0 aliphatic heterocycles. The van der Waals surface area contributed by atoms with Gasteiger partial charge in [-0.15, -0.1) is 0 Å². The molecule has 2 rings (SSSR count). The summed E-state index contributed by atoms with van der Waals surface area (Å²) in [7, 11) is 0. The van der Waals surface area contributed by atoms with Crippen LogP contribution in [0.2, 0.25) is 0 Å². The molecule has 104 valence electrons. The number of rotatable bonds is 7. The zero-order valence-corrected chi connectivity index (χ0v) is 10.7. The molecule has 0 radical (unpaired) electrons. The predicted octanol–water partition coefficient (Wildman–Crippen LogP) is 0.383. The van der Waals surface area contributed by atoms with Gasteiger partial charge in [0, 0.05) is 25.6 Å². The fraction of sp³-hybridized carbons (Fsp3) is 0.538. The quantitative estimate of drug-likeness (QED) is 0.747. The average Bonchev–Trinajstić information content (AvgIpc) is 3.08. The summed E-state index contributed by atoms with van der Waals surface area (Å²) < 4.78 is 4.81. The van der Waals surface area contributed by atoms with Gasteiger partial charge in [0.25, 0.3) is 5.91 Å². The minimum absolute atomic E-state index is 0.0240. The van der Waals surface area contributed by atoms with Gasteiger partial charge in [-0.1, -0.05) is 0 Å². The highest BCUT2D eigenvalue weighted by Gasteiger charge is 2.31. The van der Waals surface area contributed by atoms with Crippen LogP contribution in [0.15, 0.2) is 23.0 Å². The van der Waals surface area contributed by atoms with Crippen LogP contribution in [-0.2, 0) is 4.79 Å². The van der Waals surface area contributed by atoms with Gasteiger partial charge in [0.05, 0.1) is 18.4 Å². The van der Waals surface area contributed by atoms with Crippen LogP contribution < -0.4 is 5.32 Å². The first-order valence-corrected chi connectivity index (χ1v) is 6.43. The molecule has 1 saturated carbocycles. The Morgan fingerprint density at radius 3 is 2.84 bits per heavy atom. The summed E-state index contributed by atoms with van der Waals surface area (Å²) in [4.78, 5) is 25.2. The van der Waals surface area contributed by atoms with Gasteiger partial charge in [-0.3, -0.25) is 9.59 Å². The first kappa shape index (κ1) is 13.6. The van der Waals surface area contributed by atoms with Crippen molar-refractivity contribution in [2.75, 3.05) is 19.7 Å². The molecule has 1 aromatic rings. The molecule has 6 heteroatoms. The van der Waals surface area contributed by atoms with Crippen molar-refractivity contribution in [2.24, 2.45) is 0 Å². The van der Waals surface area contributed by atoms with Crippen molar-refractivity contribution in [1.29, 1.82) is 0 Å². The molecule has 1 fully saturated rings. The topological polar surface area (TPSA) is 82.8 Å². The molecule has 1 aromatic heterocycles. The number of hydrogen-bond acceptors (Lipinski definition) is 4. The highest BCUT2D eigenvalue weighted by atomic mass is 16.3. The third kappa shape index (κ3) is 3.82. The molecule has 0 unspecified atom stereocenters. The van der Waals surface area contributed by atoms with Gasteiger partial charge in [0.1, 0.15) is 6.26 Å². The molecule has 0 atom stereocenters. The smallest absolute Gasteiger partial charge is 0.254 e. The maximum absolute atomic E-state index is 11.9. The molecule has 0 saturated heterocycles. The Kier molecular flexibility index (Phi) is 4.57. The SMILES string of the molecule is O=C(NCCC(=O)N(CCO)C1CC1)c1ccoc1. The molecule has 2 N–H and O–H groups in total. The lowest BCUT2D eigenvalue weighted by atomic mass is 10.3. The van der Waals surface area contributed by atoms with Crippen molar-refractivity contribution in [1.82, 2.24) is 10.2 Å². The minimum Gasteiger partial charge on any atom is -0.472 e. The fourth-order valence-electron chi connectivity index (χ4n) is 1.93. The largest absolute Gasteiger partial charge is 0.472 e. The van der Waals surface area contributed by atoms with E-state index in [1.165, 1.54) is 12.5 Å². The van der Waals surface area contributed by atoms with E-state index in [4.69, 9.17) is 9.52 Å². The molecule has 0 bridgehead atoms. The Morgan fingerprint density at radius 1 is 1.47 bits per heavy atom. The predicted molar refractivity (Wildman–Crippen MR) is 67.5 cm³/mol. The summed E-state index contributed by atoms with van der Waals surface area (Å²) in [6.07, 6.45) is 5.05. The highest BCUT2D eigenvalue weighted by Crippen LogP contribution is 2.26. The van der Waals surface area contributed by atoms with Gasteiger partial charge in [-0.2, -0.15) is 0 Å². The second kappa shape index (κ2) is 6.38. The van der Waals surface area contributed by atoms with Crippen LogP contribution in [0.4, 0.5) is 0 Å². The number of hydrogen-bond donors (Lipinski definition) is 2. The summed E-state index contributed by atoms with van der Waals surface area (Å²) in [6.45, 7) is 0.639. The van der Waals surface area contributed by atoms with Crippen molar-refractivity contribution in [3.8, 4) is 0 Å². The first-order chi connectivity index (χ1) is 9.22. The molecule has 0 spiro atoms. The number of nitrogens with zero attached hydrogens (tertiary/aromatic N) is 1. The highest BCUT2D eigenvalue weighted by molar-refractivity contribution is 5.94. The van der Waals surface area contributed by atoms with Gasteiger partial charge < -0.3 is 19.7 Å². The lowest BCUT2D eigenvalue weighted by molar-refractivity contribution is -0.132. The van der Waals surface area contributed by atoms with Crippen LogP contribution in [0.5, 0.6) is 0 Å². The Balaban J connectivity index is 1.72. The van der Waals surface area contributed by atoms with Crippen LogP contribution in [0.25, 0.3) is 0 Å². The number of aliphatic hydroxyl groups excluding tert-OH is 1. The van der Waals surface area contributed by atoms with E-state index in [1.807, 2.05) is 0 Å². The van der Waals surface area contributed by atoms with Gasteiger partial charge in [-0.25, -0.2) is 0 Å². The molecular weight excluding hydrogens is 248 g/mol. The number of carbonyl (C=O) groups excluding carboxylic acids is 2. The Morgan fingerprint density at radius 2 is 2.26 bits per heavy atom. The zero-order valence-electron chi connectivity index (χ0n) is 10.7. The maximum atomic E-state index is 11.9. The van der Waals surface area contributed by atoms with Crippen molar-refractivity contribution in [2.45, 2.75) is 25.3 Å². The molecular formula is C13H18N2O4. The number of aliphatic hydroxyl groups is 1. The van der Waals surface area contributed by atoms with E-state index in [2.05, 4.69) is 5.32 Å². The number of carbonyl (C=O) groups is 2. The van der Waals surface area contributed by atoms with E-state index in [-0.39, 0.29) is 37.4 Å². The monoisotopic (exact) mass is 266 g/mol. The summed E-state index contributed by atoms with van der Waals surface area (Å²) in [5, 5.41) is 11.6. The second-order valence-corrected chi connectivity index (χ2v) is 4.56. The number of furan rings is 1. The summed E-state index contributed by atoms with van der Waals surface area (Å²) in [6, 6.07) is 1.85. The van der Waals surface area contributed by atoms with Crippen LogP contribution >= 0.6 is 0 Å². The van der Waals surface area contributed by atoms with Gasteiger partial charge in [-0.05, 0) is 18.9 Å². The molecule has 1 aliphatic carbocycles.